The van der Waals surface area contributed by atoms with Gasteiger partial charge in [-0.15, -0.1) is 0 Å². The van der Waals surface area contributed by atoms with E-state index in [1.165, 1.54) is 13.0 Å². The van der Waals surface area contributed by atoms with Gasteiger partial charge >= 0.3 is 11.9 Å². The summed E-state index contributed by atoms with van der Waals surface area (Å²) in [5.41, 5.74) is 0.184. The predicted octanol–water partition coefficient (Wildman–Crippen LogP) is 0.205. The average molecular weight is 299 g/mol. The van der Waals surface area contributed by atoms with Crippen molar-refractivity contribution in [2.75, 3.05) is 39.5 Å². The van der Waals surface area contributed by atoms with Gasteiger partial charge in [0, 0.05) is 19.2 Å². The van der Waals surface area contributed by atoms with Crippen LogP contribution in [-0.4, -0.2) is 61.5 Å². The molecule has 1 rings (SSSR count). The molecule has 1 saturated heterocycles. The normalized spacial score (nSPS) is 16.6. The van der Waals surface area contributed by atoms with Crippen molar-refractivity contribution in [2.24, 2.45) is 0 Å². The number of esters is 2. The fourth-order valence-electron chi connectivity index (χ4n) is 1.77. The summed E-state index contributed by atoms with van der Waals surface area (Å²) in [6.07, 6.45) is 2.65. The summed E-state index contributed by atoms with van der Waals surface area (Å²) < 4.78 is 15.3. The minimum absolute atomic E-state index is 0.0557. The van der Waals surface area contributed by atoms with Crippen LogP contribution in [0.1, 0.15) is 13.8 Å². The topological polar surface area (TPSA) is 85.3 Å². The van der Waals surface area contributed by atoms with Crippen molar-refractivity contribution in [1.29, 1.82) is 0 Å². The summed E-state index contributed by atoms with van der Waals surface area (Å²) in [7, 11) is 0. The molecule has 0 amide bonds. The Kier molecular flexibility index (Phi) is 7.49. The number of rotatable bonds is 6. The van der Waals surface area contributed by atoms with Gasteiger partial charge in [0.15, 0.2) is 5.88 Å². The van der Waals surface area contributed by atoms with E-state index in [4.69, 9.17) is 14.6 Å². The zero-order valence-electron chi connectivity index (χ0n) is 12.3. The van der Waals surface area contributed by atoms with Crippen LogP contribution in [0.25, 0.3) is 0 Å². The van der Waals surface area contributed by atoms with Crippen LogP contribution >= 0.6 is 0 Å². The number of hydrogen-bond acceptors (Lipinski definition) is 7. The Morgan fingerprint density at radius 2 is 2.00 bits per heavy atom. The van der Waals surface area contributed by atoms with Crippen molar-refractivity contribution < 1.29 is 28.9 Å². The highest BCUT2D eigenvalue weighted by Crippen LogP contribution is 2.15. The summed E-state index contributed by atoms with van der Waals surface area (Å²) in [5, 5.41) is 8.88. The summed E-state index contributed by atoms with van der Waals surface area (Å²) in [4.78, 5) is 25.1. The van der Waals surface area contributed by atoms with E-state index in [1.807, 2.05) is 4.90 Å². The molecule has 0 aromatic rings. The third kappa shape index (κ3) is 5.57. The van der Waals surface area contributed by atoms with Crippen LogP contribution in [0.2, 0.25) is 0 Å². The molecule has 1 fully saturated rings. The van der Waals surface area contributed by atoms with Crippen molar-refractivity contribution in [3.8, 4) is 0 Å². The van der Waals surface area contributed by atoms with Gasteiger partial charge in [0.2, 0.25) is 0 Å². The van der Waals surface area contributed by atoms with Crippen LogP contribution in [0, 0.1) is 0 Å². The molecule has 0 aliphatic carbocycles. The van der Waals surface area contributed by atoms with E-state index in [1.54, 1.807) is 6.92 Å². The Morgan fingerprint density at radius 1 is 1.33 bits per heavy atom. The molecule has 7 heteroatoms. The first-order chi connectivity index (χ1) is 10.1. The summed E-state index contributed by atoms with van der Waals surface area (Å²) in [5.74, 6) is -1.19. The number of aliphatic hydroxyl groups is 1. The molecule has 1 aliphatic rings. The lowest BCUT2D eigenvalue weighted by atomic mass is 10.3. The van der Waals surface area contributed by atoms with Gasteiger partial charge < -0.3 is 24.2 Å². The standard InChI is InChI=1S/C14H21NO6/c1-3-4-12(17)21-14(18)11(2)13(20-10-7-16)15-5-8-19-9-6-15/h3-4,16H,5-10H2,1-2H3. The van der Waals surface area contributed by atoms with Gasteiger partial charge in [0.05, 0.1) is 25.4 Å². The molecule has 118 valence electrons. The molecular weight excluding hydrogens is 278 g/mol. The third-order valence-electron chi connectivity index (χ3n) is 2.75. The molecule has 1 aliphatic heterocycles. The average Bonchev–Trinajstić information content (AvgIpc) is 2.48. The fraction of sp³-hybridized carbons (Fsp3) is 0.571. The zero-order chi connectivity index (χ0) is 15.7. The van der Waals surface area contributed by atoms with Crippen molar-refractivity contribution >= 4 is 11.9 Å². The number of aliphatic hydroxyl groups excluding tert-OH is 1. The van der Waals surface area contributed by atoms with Crippen LogP contribution in [0.15, 0.2) is 23.6 Å². The zero-order valence-corrected chi connectivity index (χ0v) is 12.3. The van der Waals surface area contributed by atoms with E-state index in [2.05, 4.69) is 4.74 Å². The first kappa shape index (κ1) is 17.2. The van der Waals surface area contributed by atoms with Gasteiger partial charge in [-0.1, -0.05) is 6.08 Å². The Hall–Kier alpha value is -1.86. The highest BCUT2D eigenvalue weighted by atomic mass is 16.6. The molecule has 0 unspecified atom stereocenters. The molecule has 0 atom stereocenters. The Bertz CT molecular complexity index is 423. The number of morpholine rings is 1. The van der Waals surface area contributed by atoms with Crippen LogP contribution in [-0.2, 0) is 23.8 Å². The molecule has 7 nitrogen and oxygen atoms in total. The molecule has 0 saturated carbocycles. The van der Waals surface area contributed by atoms with Crippen molar-refractivity contribution in [3.63, 3.8) is 0 Å². The lowest BCUT2D eigenvalue weighted by Crippen LogP contribution is -2.38. The Balaban J connectivity index is 2.85. The highest BCUT2D eigenvalue weighted by molar-refractivity contribution is 5.99. The van der Waals surface area contributed by atoms with Gasteiger partial charge in [-0.3, -0.25) is 0 Å². The van der Waals surface area contributed by atoms with E-state index in [-0.39, 0.29) is 18.8 Å². The Labute approximate surface area is 123 Å². The summed E-state index contributed by atoms with van der Waals surface area (Å²) in [6.45, 7) is 5.22. The minimum Gasteiger partial charge on any atom is -0.476 e. The lowest BCUT2D eigenvalue weighted by Gasteiger charge is -2.31. The van der Waals surface area contributed by atoms with Gasteiger partial charge in [-0.2, -0.15) is 0 Å². The molecule has 0 spiro atoms. The second-order valence-corrected chi connectivity index (χ2v) is 4.31. The van der Waals surface area contributed by atoms with Crippen molar-refractivity contribution in [3.05, 3.63) is 23.6 Å². The largest absolute Gasteiger partial charge is 0.476 e. The molecule has 0 aromatic carbocycles. The summed E-state index contributed by atoms with van der Waals surface area (Å²) in [6, 6.07) is 0. The molecule has 1 N–H and O–H groups in total. The van der Waals surface area contributed by atoms with Crippen LogP contribution in [0.4, 0.5) is 0 Å². The van der Waals surface area contributed by atoms with E-state index in [0.717, 1.165) is 6.08 Å². The highest BCUT2D eigenvalue weighted by Gasteiger charge is 2.23. The van der Waals surface area contributed by atoms with Crippen LogP contribution in [0.3, 0.4) is 0 Å². The SMILES string of the molecule is CC=CC(=O)OC(=O)C(C)=C(OCCO)N1CCOCC1. The maximum atomic E-state index is 11.9. The quantitative estimate of drug-likeness (QED) is 0.325. The molecule has 0 radical (unpaired) electrons. The summed E-state index contributed by atoms with van der Waals surface area (Å²) >= 11 is 0. The van der Waals surface area contributed by atoms with Crippen molar-refractivity contribution in [1.82, 2.24) is 4.90 Å². The van der Waals surface area contributed by atoms with E-state index in [0.29, 0.717) is 32.2 Å². The predicted molar refractivity (Wildman–Crippen MR) is 74.0 cm³/mol. The maximum Gasteiger partial charge on any atom is 0.347 e. The van der Waals surface area contributed by atoms with Crippen molar-refractivity contribution in [2.45, 2.75) is 13.8 Å². The lowest BCUT2D eigenvalue weighted by molar-refractivity contribution is -0.153. The maximum absolute atomic E-state index is 11.9. The number of ether oxygens (including phenoxy) is 3. The van der Waals surface area contributed by atoms with Gasteiger partial charge in [0.1, 0.15) is 6.61 Å². The fourth-order valence-corrected chi connectivity index (χ4v) is 1.77. The smallest absolute Gasteiger partial charge is 0.347 e. The molecular formula is C14H21NO6. The van der Waals surface area contributed by atoms with E-state index in [9.17, 15) is 9.59 Å². The number of carbonyl (C=O) groups excluding carboxylic acids is 2. The van der Waals surface area contributed by atoms with E-state index >= 15 is 0 Å². The molecule has 0 aromatic heterocycles. The first-order valence-corrected chi connectivity index (χ1v) is 6.76. The van der Waals surface area contributed by atoms with Gasteiger partial charge in [0.25, 0.3) is 0 Å². The van der Waals surface area contributed by atoms with Gasteiger partial charge in [-0.25, -0.2) is 9.59 Å². The monoisotopic (exact) mass is 299 g/mol. The second kappa shape index (κ2) is 9.15. The minimum atomic E-state index is -0.766. The first-order valence-electron chi connectivity index (χ1n) is 6.76. The number of hydrogen-bond donors (Lipinski definition) is 1. The molecule has 21 heavy (non-hydrogen) atoms. The number of nitrogens with zero attached hydrogens (tertiary/aromatic N) is 1. The molecule has 1 heterocycles. The molecule has 0 bridgehead atoms. The van der Waals surface area contributed by atoms with Crippen LogP contribution in [0.5, 0.6) is 0 Å². The number of allylic oxidation sites excluding steroid dienone is 1. The van der Waals surface area contributed by atoms with Gasteiger partial charge in [-0.05, 0) is 13.8 Å². The van der Waals surface area contributed by atoms with Crippen LogP contribution < -0.4 is 0 Å². The number of carbonyl (C=O) groups is 2. The second-order valence-electron chi connectivity index (χ2n) is 4.31. The Morgan fingerprint density at radius 3 is 2.57 bits per heavy atom. The third-order valence-corrected chi connectivity index (χ3v) is 2.75. The van der Waals surface area contributed by atoms with E-state index < -0.39 is 11.9 Å².